The summed E-state index contributed by atoms with van der Waals surface area (Å²) in [5.41, 5.74) is 9.79. The van der Waals surface area contributed by atoms with Crippen molar-refractivity contribution in [3.05, 3.63) is 47.5 Å². The summed E-state index contributed by atoms with van der Waals surface area (Å²) in [5, 5.41) is 3.47. The number of aryl methyl sites for hydroxylation is 2. The minimum absolute atomic E-state index is 0.251. The van der Waals surface area contributed by atoms with Crippen LogP contribution in [-0.2, 0) is 0 Å². The Hall–Kier alpha value is -1.12. The smallest absolute Gasteiger partial charge is 0.0449 e. The highest BCUT2D eigenvalue weighted by Crippen LogP contribution is 2.20. The van der Waals surface area contributed by atoms with Crippen LogP contribution < -0.4 is 11.1 Å². The fraction of sp³-hybridized carbons (Fsp3) is 0.429. The van der Waals surface area contributed by atoms with Crippen molar-refractivity contribution in [2.24, 2.45) is 5.73 Å². The van der Waals surface area contributed by atoms with Gasteiger partial charge in [-0.15, -0.1) is 6.58 Å². The Morgan fingerprint density at radius 3 is 2.50 bits per heavy atom. The number of nitrogens with one attached hydrogen (secondary N) is 1. The average molecular weight is 218 g/mol. The van der Waals surface area contributed by atoms with E-state index in [2.05, 4.69) is 43.9 Å². The monoisotopic (exact) mass is 218 g/mol. The van der Waals surface area contributed by atoms with E-state index in [1.54, 1.807) is 0 Å². The topological polar surface area (TPSA) is 38.0 Å². The van der Waals surface area contributed by atoms with Gasteiger partial charge in [0.15, 0.2) is 0 Å². The molecule has 0 fully saturated rings. The van der Waals surface area contributed by atoms with E-state index < -0.39 is 0 Å². The van der Waals surface area contributed by atoms with Gasteiger partial charge in [-0.1, -0.05) is 24.3 Å². The molecule has 1 atom stereocenters. The zero-order chi connectivity index (χ0) is 12.0. The van der Waals surface area contributed by atoms with Gasteiger partial charge in [0.25, 0.3) is 0 Å². The molecule has 16 heavy (non-hydrogen) atoms. The lowest BCUT2D eigenvalue weighted by atomic mass is 9.96. The first kappa shape index (κ1) is 12.9. The van der Waals surface area contributed by atoms with Gasteiger partial charge in [0, 0.05) is 12.6 Å². The summed E-state index contributed by atoms with van der Waals surface area (Å²) in [6.45, 7) is 9.56. The molecule has 0 aliphatic carbocycles. The second-order valence-electron chi connectivity index (χ2n) is 4.13. The quantitative estimate of drug-likeness (QED) is 0.568. The second-order valence-corrected chi connectivity index (χ2v) is 4.13. The van der Waals surface area contributed by atoms with Crippen LogP contribution in [0.1, 0.15) is 29.2 Å². The summed E-state index contributed by atoms with van der Waals surface area (Å²) in [6, 6.07) is 6.62. The number of hydrogen-bond donors (Lipinski definition) is 2. The molecule has 0 saturated carbocycles. The molecular formula is C14H22N2. The van der Waals surface area contributed by atoms with Gasteiger partial charge in [0.2, 0.25) is 0 Å². The van der Waals surface area contributed by atoms with Crippen LogP contribution in [0.5, 0.6) is 0 Å². The maximum atomic E-state index is 5.84. The van der Waals surface area contributed by atoms with Crippen molar-refractivity contribution in [3.8, 4) is 0 Å². The standard InChI is InChI=1S/C14H22N2/c1-4-5-9-16-13(10-15)14-11(2)7-6-8-12(14)3/h4,6-8,13,16H,1,5,9-10,15H2,2-3H3. The molecule has 0 aliphatic heterocycles. The predicted molar refractivity (Wildman–Crippen MR) is 70.5 cm³/mol. The highest BCUT2D eigenvalue weighted by molar-refractivity contribution is 5.36. The summed E-state index contributed by atoms with van der Waals surface area (Å²) >= 11 is 0. The van der Waals surface area contributed by atoms with Gasteiger partial charge in [-0.25, -0.2) is 0 Å². The van der Waals surface area contributed by atoms with Gasteiger partial charge >= 0.3 is 0 Å². The molecule has 0 aliphatic rings. The van der Waals surface area contributed by atoms with Crippen LogP contribution in [-0.4, -0.2) is 13.1 Å². The van der Waals surface area contributed by atoms with Crippen LogP contribution in [0.15, 0.2) is 30.9 Å². The third-order valence-electron chi connectivity index (χ3n) is 2.87. The van der Waals surface area contributed by atoms with Gasteiger partial charge in [0.1, 0.15) is 0 Å². The summed E-state index contributed by atoms with van der Waals surface area (Å²) in [4.78, 5) is 0. The van der Waals surface area contributed by atoms with Crippen LogP contribution in [0.25, 0.3) is 0 Å². The number of hydrogen-bond acceptors (Lipinski definition) is 2. The molecule has 0 aromatic heterocycles. The van der Waals surface area contributed by atoms with E-state index in [4.69, 9.17) is 5.73 Å². The normalized spacial score (nSPS) is 12.4. The van der Waals surface area contributed by atoms with Crippen molar-refractivity contribution in [2.45, 2.75) is 26.3 Å². The average Bonchev–Trinajstić information content (AvgIpc) is 2.26. The molecule has 1 unspecified atom stereocenters. The van der Waals surface area contributed by atoms with Crippen molar-refractivity contribution < 1.29 is 0 Å². The first-order chi connectivity index (χ1) is 7.70. The number of benzene rings is 1. The molecule has 88 valence electrons. The molecule has 1 rings (SSSR count). The lowest BCUT2D eigenvalue weighted by molar-refractivity contribution is 0.544. The summed E-state index contributed by atoms with van der Waals surface area (Å²) in [6.07, 6.45) is 2.90. The highest BCUT2D eigenvalue weighted by Gasteiger charge is 2.13. The lowest BCUT2D eigenvalue weighted by Gasteiger charge is -2.21. The highest BCUT2D eigenvalue weighted by atomic mass is 14.9. The molecule has 2 nitrogen and oxygen atoms in total. The largest absolute Gasteiger partial charge is 0.329 e. The van der Waals surface area contributed by atoms with E-state index in [1.165, 1.54) is 16.7 Å². The minimum atomic E-state index is 0.251. The molecule has 0 bridgehead atoms. The minimum Gasteiger partial charge on any atom is -0.329 e. The Balaban J connectivity index is 2.81. The maximum absolute atomic E-state index is 5.84. The Bertz CT molecular complexity index is 324. The van der Waals surface area contributed by atoms with Gasteiger partial charge in [-0.3, -0.25) is 0 Å². The SMILES string of the molecule is C=CCCNC(CN)c1c(C)cccc1C. The molecular weight excluding hydrogens is 196 g/mol. The van der Waals surface area contributed by atoms with E-state index in [-0.39, 0.29) is 6.04 Å². The van der Waals surface area contributed by atoms with Crippen molar-refractivity contribution in [1.29, 1.82) is 0 Å². The summed E-state index contributed by atoms with van der Waals surface area (Å²) in [7, 11) is 0. The fourth-order valence-electron chi connectivity index (χ4n) is 2.04. The maximum Gasteiger partial charge on any atom is 0.0449 e. The lowest BCUT2D eigenvalue weighted by Crippen LogP contribution is -2.30. The Kier molecular flexibility index (Phi) is 5.23. The van der Waals surface area contributed by atoms with Crippen LogP contribution in [0, 0.1) is 13.8 Å². The summed E-state index contributed by atoms with van der Waals surface area (Å²) in [5.74, 6) is 0. The van der Waals surface area contributed by atoms with E-state index in [1.807, 2.05) is 6.08 Å². The predicted octanol–water partition coefficient (Wildman–Crippen LogP) is 2.47. The molecule has 3 N–H and O–H groups in total. The zero-order valence-corrected chi connectivity index (χ0v) is 10.3. The first-order valence-corrected chi connectivity index (χ1v) is 5.81. The number of rotatable bonds is 6. The third kappa shape index (κ3) is 3.19. The Labute approximate surface area is 98.6 Å². The van der Waals surface area contributed by atoms with Gasteiger partial charge in [-0.05, 0) is 43.5 Å². The molecule has 0 spiro atoms. The van der Waals surface area contributed by atoms with Gasteiger partial charge in [0.05, 0.1) is 0 Å². The molecule has 1 aromatic rings. The van der Waals surface area contributed by atoms with Crippen molar-refractivity contribution in [1.82, 2.24) is 5.32 Å². The summed E-state index contributed by atoms with van der Waals surface area (Å²) < 4.78 is 0. The zero-order valence-electron chi connectivity index (χ0n) is 10.3. The molecule has 0 radical (unpaired) electrons. The van der Waals surface area contributed by atoms with Crippen LogP contribution in [0.3, 0.4) is 0 Å². The van der Waals surface area contributed by atoms with Crippen molar-refractivity contribution in [3.63, 3.8) is 0 Å². The Morgan fingerprint density at radius 2 is 2.00 bits per heavy atom. The molecule has 2 heteroatoms. The van der Waals surface area contributed by atoms with E-state index >= 15 is 0 Å². The molecule has 1 aromatic carbocycles. The van der Waals surface area contributed by atoms with Gasteiger partial charge < -0.3 is 11.1 Å². The van der Waals surface area contributed by atoms with Crippen LogP contribution in [0.4, 0.5) is 0 Å². The third-order valence-corrected chi connectivity index (χ3v) is 2.87. The number of nitrogens with two attached hydrogens (primary N) is 1. The van der Waals surface area contributed by atoms with Crippen LogP contribution in [0.2, 0.25) is 0 Å². The van der Waals surface area contributed by atoms with Crippen molar-refractivity contribution >= 4 is 0 Å². The first-order valence-electron chi connectivity index (χ1n) is 5.81. The van der Waals surface area contributed by atoms with E-state index in [9.17, 15) is 0 Å². The van der Waals surface area contributed by atoms with E-state index in [0.29, 0.717) is 6.54 Å². The molecule has 0 saturated heterocycles. The molecule has 0 amide bonds. The van der Waals surface area contributed by atoms with E-state index in [0.717, 1.165) is 13.0 Å². The van der Waals surface area contributed by atoms with Crippen molar-refractivity contribution in [2.75, 3.05) is 13.1 Å². The fourth-order valence-corrected chi connectivity index (χ4v) is 2.04. The second kappa shape index (κ2) is 6.46. The van der Waals surface area contributed by atoms with Gasteiger partial charge in [-0.2, -0.15) is 0 Å². The Morgan fingerprint density at radius 1 is 1.38 bits per heavy atom. The van der Waals surface area contributed by atoms with Crippen LogP contribution >= 0.6 is 0 Å². The molecule has 0 heterocycles.